The molecule has 1 heterocycles. The van der Waals surface area contributed by atoms with Crippen LogP contribution in [0.3, 0.4) is 0 Å². The zero-order valence-corrected chi connectivity index (χ0v) is 7.83. The van der Waals surface area contributed by atoms with Gasteiger partial charge < -0.3 is 5.11 Å². The van der Waals surface area contributed by atoms with Crippen LogP contribution < -0.4 is 5.48 Å². The van der Waals surface area contributed by atoms with Crippen LogP contribution in [-0.2, 0) is 9.63 Å². The minimum Gasteiger partial charge on any atom is -0.480 e. The summed E-state index contributed by atoms with van der Waals surface area (Å²) in [5.41, 5.74) is 1.60. The fourth-order valence-electron chi connectivity index (χ4n) is 1.37. The molecule has 0 bridgehead atoms. The monoisotopic (exact) mass is 186 g/mol. The summed E-state index contributed by atoms with van der Waals surface area (Å²) in [4.78, 5) is 19.8. The van der Waals surface area contributed by atoms with Crippen LogP contribution in [0.25, 0.3) is 0 Å². The van der Waals surface area contributed by atoms with Gasteiger partial charge in [-0.1, -0.05) is 0 Å². The lowest BCUT2D eigenvalue weighted by atomic mass is 9.82. The third kappa shape index (κ3) is 1.80. The Morgan fingerprint density at radius 2 is 2.46 bits per heavy atom. The predicted octanol–water partition coefficient (Wildman–Crippen LogP) is 0.421. The van der Waals surface area contributed by atoms with E-state index in [0.29, 0.717) is 18.8 Å². The molecule has 5 nitrogen and oxygen atoms in total. The van der Waals surface area contributed by atoms with Crippen molar-refractivity contribution in [3.8, 4) is 0 Å². The molecule has 0 saturated heterocycles. The lowest BCUT2D eigenvalue weighted by molar-refractivity contribution is -0.144. The molecule has 74 valence electrons. The van der Waals surface area contributed by atoms with Crippen LogP contribution in [0.15, 0.2) is 4.99 Å². The molecule has 1 aliphatic rings. The summed E-state index contributed by atoms with van der Waals surface area (Å²) in [6, 6.07) is 0. The quantitative estimate of drug-likeness (QED) is 0.613. The molecule has 0 aliphatic carbocycles. The summed E-state index contributed by atoms with van der Waals surface area (Å²) in [5, 5.41) is 9.02. The molecule has 0 aromatic carbocycles. The van der Waals surface area contributed by atoms with Gasteiger partial charge in [0.25, 0.3) is 0 Å². The summed E-state index contributed by atoms with van der Waals surface area (Å²) in [5.74, 6) is -0.454. The van der Waals surface area contributed by atoms with Gasteiger partial charge in [-0.3, -0.25) is 20.1 Å². The molecule has 0 radical (unpaired) electrons. The summed E-state index contributed by atoms with van der Waals surface area (Å²) in [6.07, 6.45) is 1.40. The number of hydrogen-bond donors (Lipinski definition) is 2. The van der Waals surface area contributed by atoms with E-state index in [1.807, 2.05) is 0 Å². The molecular weight excluding hydrogens is 172 g/mol. The van der Waals surface area contributed by atoms with Gasteiger partial charge in [0.15, 0.2) is 0 Å². The minimum atomic E-state index is -0.922. The van der Waals surface area contributed by atoms with Crippen molar-refractivity contribution in [2.45, 2.75) is 19.8 Å². The number of aliphatic imine (C=N–C) groups is 1. The number of carboxylic acids is 1. The Bertz CT molecular complexity index is 240. The SMILES string of the molecule is CONC1=NCCCC1(C)C(=O)O. The Hall–Kier alpha value is -1.10. The number of nitrogens with one attached hydrogen (secondary N) is 1. The molecule has 1 aliphatic heterocycles. The maximum atomic E-state index is 11.0. The van der Waals surface area contributed by atoms with Crippen molar-refractivity contribution < 1.29 is 14.7 Å². The molecular formula is C8H14N2O3. The first kappa shape index (κ1) is 9.98. The third-order valence-corrected chi connectivity index (χ3v) is 2.30. The number of carbonyl (C=O) groups is 1. The third-order valence-electron chi connectivity index (χ3n) is 2.30. The molecule has 0 spiro atoms. The number of hydrogen-bond acceptors (Lipinski definition) is 4. The molecule has 0 aromatic heterocycles. The highest BCUT2D eigenvalue weighted by molar-refractivity contribution is 6.04. The van der Waals surface area contributed by atoms with E-state index < -0.39 is 11.4 Å². The molecule has 13 heavy (non-hydrogen) atoms. The van der Waals surface area contributed by atoms with Crippen LogP contribution in [-0.4, -0.2) is 30.6 Å². The van der Waals surface area contributed by atoms with E-state index in [4.69, 9.17) is 5.11 Å². The molecule has 0 fully saturated rings. The molecule has 0 aromatic rings. The summed E-state index contributed by atoms with van der Waals surface area (Å²) in [7, 11) is 1.44. The van der Waals surface area contributed by atoms with E-state index in [2.05, 4.69) is 15.3 Å². The second kappa shape index (κ2) is 3.74. The average Bonchev–Trinajstić information content (AvgIpc) is 2.09. The van der Waals surface area contributed by atoms with Gasteiger partial charge in [-0.05, 0) is 19.8 Å². The number of aliphatic carboxylic acids is 1. The van der Waals surface area contributed by atoms with Crippen molar-refractivity contribution in [2.75, 3.05) is 13.7 Å². The highest BCUT2D eigenvalue weighted by Crippen LogP contribution is 2.28. The molecule has 1 atom stereocenters. The maximum Gasteiger partial charge on any atom is 0.317 e. The largest absolute Gasteiger partial charge is 0.480 e. The summed E-state index contributed by atoms with van der Waals surface area (Å²) in [6.45, 7) is 2.31. The summed E-state index contributed by atoms with van der Waals surface area (Å²) < 4.78 is 0. The Labute approximate surface area is 76.8 Å². The van der Waals surface area contributed by atoms with E-state index in [0.717, 1.165) is 6.42 Å². The molecule has 5 heteroatoms. The van der Waals surface area contributed by atoms with Gasteiger partial charge in [0.2, 0.25) is 0 Å². The first-order valence-corrected chi connectivity index (χ1v) is 4.18. The maximum absolute atomic E-state index is 11.0. The Morgan fingerprint density at radius 3 is 3.00 bits per heavy atom. The predicted molar refractivity (Wildman–Crippen MR) is 47.4 cm³/mol. The fourth-order valence-corrected chi connectivity index (χ4v) is 1.37. The van der Waals surface area contributed by atoms with Crippen molar-refractivity contribution in [3.05, 3.63) is 0 Å². The van der Waals surface area contributed by atoms with Gasteiger partial charge in [0, 0.05) is 6.54 Å². The lowest BCUT2D eigenvalue weighted by Gasteiger charge is -2.29. The van der Waals surface area contributed by atoms with E-state index >= 15 is 0 Å². The average molecular weight is 186 g/mol. The fraction of sp³-hybridized carbons (Fsp3) is 0.750. The Kier molecular flexibility index (Phi) is 2.87. The van der Waals surface area contributed by atoms with Crippen LogP contribution in [0.4, 0.5) is 0 Å². The van der Waals surface area contributed by atoms with Crippen LogP contribution in [0, 0.1) is 5.41 Å². The molecule has 1 unspecified atom stereocenters. The van der Waals surface area contributed by atoms with Gasteiger partial charge in [0.1, 0.15) is 11.3 Å². The molecule has 1 rings (SSSR count). The van der Waals surface area contributed by atoms with Gasteiger partial charge >= 0.3 is 5.97 Å². The van der Waals surface area contributed by atoms with Crippen LogP contribution in [0.1, 0.15) is 19.8 Å². The van der Waals surface area contributed by atoms with Crippen LogP contribution >= 0.6 is 0 Å². The second-order valence-corrected chi connectivity index (χ2v) is 3.28. The van der Waals surface area contributed by atoms with Crippen molar-refractivity contribution in [1.82, 2.24) is 5.48 Å². The molecule has 2 N–H and O–H groups in total. The van der Waals surface area contributed by atoms with E-state index in [-0.39, 0.29) is 0 Å². The van der Waals surface area contributed by atoms with Crippen molar-refractivity contribution in [1.29, 1.82) is 0 Å². The van der Waals surface area contributed by atoms with Crippen LogP contribution in [0.5, 0.6) is 0 Å². The smallest absolute Gasteiger partial charge is 0.317 e. The van der Waals surface area contributed by atoms with Gasteiger partial charge in [-0.15, -0.1) is 0 Å². The standard InChI is InChI=1S/C8H14N2O3/c1-8(7(11)12)4-3-5-9-6(8)10-13-2/h3-5H2,1-2H3,(H,9,10)(H,11,12). The second-order valence-electron chi connectivity index (χ2n) is 3.28. The van der Waals surface area contributed by atoms with Gasteiger partial charge in [0.05, 0.1) is 7.11 Å². The van der Waals surface area contributed by atoms with Gasteiger partial charge in [-0.25, -0.2) is 0 Å². The molecule has 0 saturated carbocycles. The Morgan fingerprint density at radius 1 is 1.77 bits per heavy atom. The lowest BCUT2D eigenvalue weighted by Crippen LogP contribution is -2.46. The zero-order valence-electron chi connectivity index (χ0n) is 7.83. The number of nitrogens with zero attached hydrogens (tertiary/aromatic N) is 1. The molecule has 0 amide bonds. The first-order chi connectivity index (χ1) is 6.11. The van der Waals surface area contributed by atoms with Crippen molar-refractivity contribution in [3.63, 3.8) is 0 Å². The minimum absolute atomic E-state index is 0.411. The highest BCUT2D eigenvalue weighted by Gasteiger charge is 2.40. The number of hydroxylamine groups is 1. The Balaban J connectivity index is 2.87. The van der Waals surface area contributed by atoms with Gasteiger partial charge in [-0.2, -0.15) is 0 Å². The number of amidine groups is 1. The normalized spacial score (nSPS) is 28.0. The van der Waals surface area contributed by atoms with Crippen LogP contribution in [0.2, 0.25) is 0 Å². The summed E-state index contributed by atoms with van der Waals surface area (Å²) >= 11 is 0. The van der Waals surface area contributed by atoms with E-state index in [1.165, 1.54) is 7.11 Å². The van der Waals surface area contributed by atoms with E-state index in [1.54, 1.807) is 6.92 Å². The zero-order chi connectivity index (χ0) is 9.90. The first-order valence-electron chi connectivity index (χ1n) is 4.18. The topological polar surface area (TPSA) is 70.9 Å². The van der Waals surface area contributed by atoms with E-state index in [9.17, 15) is 4.79 Å². The number of carboxylic acid groups (broad SMARTS) is 1. The highest BCUT2D eigenvalue weighted by atomic mass is 16.6. The van der Waals surface area contributed by atoms with Crippen molar-refractivity contribution >= 4 is 11.8 Å². The van der Waals surface area contributed by atoms with Crippen molar-refractivity contribution in [2.24, 2.45) is 10.4 Å². The number of rotatable bonds is 2.